The molecule has 0 radical (unpaired) electrons. The second kappa shape index (κ2) is 5.64. The maximum absolute atomic E-state index is 4.70. The Morgan fingerprint density at radius 2 is 1.80 bits per heavy atom. The van der Waals surface area contributed by atoms with Gasteiger partial charge in [-0.2, -0.15) is 0 Å². The van der Waals surface area contributed by atoms with E-state index in [1.807, 2.05) is 0 Å². The summed E-state index contributed by atoms with van der Waals surface area (Å²) in [4.78, 5) is 4.70. The van der Waals surface area contributed by atoms with Crippen LogP contribution in [0.5, 0.6) is 0 Å². The van der Waals surface area contributed by atoms with Gasteiger partial charge in [-0.3, -0.25) is 4.99 Å². The molecule has 0 aliphatic carbocycles. The highest BCUT2D eigenvalue weighted by molar-refractivity contribution is 6.83. The third-order valence-electron chi connectivity index (χ3n) is 3.22. The highest BCUT2D eigenvalue weighted by Gasteiger charge is 2.15. The molecule has 0 aromatic heterocycles. The molecule has 0 saturated heterocycles. The molecule has 1 rings (SSSR count). The van der Waals surface area contributed by atoms with Crippen molar-refractivity contribution in [1.29, 1.82) is 0 Å². The molecule has 1 aliphatic rings. The molecule has 1 nitrogen and oxygen atoms in total. The van der Waals surface area contributed by atoms with Crippen LogP contribution in [0, 0.1) is 0 Å². The van der Waals surface area contributed by atoms with Crippen LogP contribution in [0.15, 0.2) is 16.3 Å². The summed E-state index contributed by atoms with van der Waals surface area (Å²) < 4.78 is 0. The molecule has 1 aliphatic heterocycles. The Bertz CT molecular complexity index is 258. The fraction of sp³-hybridized carbons (Fsp3) is 0.769. The van der Waals surface area contributed by atoms with E-state index in [1.165, 1.54) is 37.8 Å². The number of nitrogens with zero attached hydrogens (tertiary/aromatic N) is 1. The topological polar surface area (TPSA) is 12.4 Å². The van der Waals surface area contributed by atoms with Crippen LogP contribution < -0.4 is 0 Å². The predicted octanol–water partition coefficient (Wildman–Crippen LogP) is 4.22. The zero-order valence-electron chi connectivity index (χ0n) is 10.8. The molecule has 15 heavy (non-hydrogen) atoms. The van der Waals surface area contributed by atoms with E-state index >= 15 is 0 Å². The zero-order valence-corrected chi connectivity index (χ0v) is 11.8. The van der Waals surface area contributed by atoms with Crippen LogP contribution in [0.3, 0.4) is 0 Å². The summed E-state index contributed by atoms with van der Waals surface area (Å²) in [6.45, 7) is 10.5. The summed E-state index contributed by atoms with van der Waals surface area (Å²) in [5.74, 6) is 0. The van der Waals surface area contributed by atoms with Gasteiger partial charge >= 0.3 is 0 Å². The lowest BCUT2D eigenvalue weighted by Crippen LogP contribution is -2.23. The van der Waals surface area contributed by atoms with Gasteiger partial charge in [0, 0.05) is 12.3 Å². The van der Waals surface area contributed by atoms with Crippen molar-refractivity contribution in [2.45, 2.75) is 58.7 Å². The molecule has 0 aromatic rings. The average Bonchev–Trinajstić information content (AvgIpc) is 2.07. The smallest absolute Gasteiger partial charge is 0.0721 e. The predicted molar refractivity (Wildman–Crippen MR) is 72.5 cm³/mol. The van der Waals surface area contributed by atoms with Gasteiger partial charge in [0.2, 0.25) is 0 Å². The summed E-state index contributed by atoms with van der Waals surface area (Å²) >= 11 is 0. The van der Waals surface area contributed by atoms with E-state index in [-0.39, 0.29) is 0 Å². The van der Waals surface area contributed by atoms with Crippen molar-refractivity contribution in [2.24, 2.45) is 4.99 Å². The molecule has 0 unspecified atom stereocenters. The summed E-state index contributed by atoms with van der Waals surface area (Å²) in [5, 5.41) is 1.59. The van der Waals surface area contributed by atoms with E-state index in [4.69, 9.17) is 4.99 Å². The maximum Gasteiger partial charge on any atom is 0.0721 e. The molecule has 0 atom stereocenters. The van der Waals surface area contributed by atoms with Crippen LogP contribution in [-0.4, -0.2) is 20.3 Å². The van der Waals surface area contributed by atoms with Crippen molar-refractivity contribution in [3.05, 3.63) is 11.3 Å². The standard InChI is InChI=1S/C13H25NSi/c1-12(15(2,3)4)11-13-9-7-5-6-8-10-14-13/h11H,5-10H2,1-4H3/b12-11+,14-13?. The number of allylic oxidation sites excluding steroid dienone is 2. The third-order valence-corrected chi connectivity index (χ3v) is 5.73. The van der Waals surface area contributed by atoms with Crippen molar-refractivity contribution >= 4 is 13.8 Å². The van der Waals surface area contributed by atoms with Crippen molar-refractivity contribution < 1.29 is 0 Å². The first-order valence-electron chi connectivity index (χ1n) is 6.22. The Kier molecular flexibility index (Phi) is 4.77. The van der Waals surface area contributed by atoms with E-state index in [9.17, 15) is 0 Å². The van der Waals surface area contributed by atoms with Crippen LogP contribution in [0.1, 0.15) is 39.0 Å². The minimum atomic E-state index is -1.09. The lowest BCUT2D eigenvalue weighted by atomic mass is 10.1. The molecule has 0 aromatic carbocycles. The second-order valence-electron chi connectivity index (χ2n) is 5.61. The first-order chi connectivity index (χ1) is 7.00. The molecule has 0 spiro atoms. The monoisotopic (exact) mass is 223 g/mol. The quantitative estimate of drug-likeness (QED) is 0.622. The zero-order chi connectivity index (χ0) is 11.3. The second-order valence-corrected chi connectivity index (χ2v) is 10.9. The van der Waals surface area contributed by atoms with E-state index in [1.54, 1.807) is 5.20 Å². The summed E-state index contributed by atoms with van der Waals surface area (Å²) in [6, 6.07) is 0. The van der Waals surface area contributed by atoms with E-state index in [0.717, 1.165) is 6.54 Å². The van der Waals surface area contributed by atoms with Gasteiger partial charge < -0.3 is 0 Å². The van der Waals surface area contributed by atoms with E-state index in [2.05, 4.69) is 32.6 Å². The van der Waals surface area contributed by atoms with Gasteiger partial charge in [-0.1, -0.05) is 37.7 Å². The van der Waals surface area contributed by atoms with E-state index in [0.29, 0.717) is 0 Å². The SMILES string of the molecule is C/C(=C\C1=NCCCCCC1)[Si](C)(C)C. The Hall–Kier alpha value is -0.373. The first kappa shape index (κ1) is 12.7. The van der Waals surface area contributed by atoms with Crippen LogP contribution >= 0.6 is 0 Å². The molecular weight excluding hydrogens is 198 g/mol. The molecule has 0 saturated carbocycles. The average molecular weight is 223 g/mol. The molecule has 2 heteroatoms. The summed E-state index contributed by atoms with van der Waals surface area (Å²) in [5.41, 5.74) is 1.36. The van der Waals surface area contributed by atoms with Crippen molar-refractivity contribution in [1.82, 2.24) is 0 Å². The lowest BCUT2D eigenvalue weighted by molar-refractivity contribution is 0.645. The number of rotatable bonds is 2. The Morgan fingerprint density at radius 1 is 1.13 bits per heavy atom. The third kappa shape index (κ3) is 4.78. The molecule has 86 valence electrons. The van der Waals surface area contributed by atoms with Crippen LogP contribution in [0.4, 0.5) is 0 Å². The fourth-order valence-corrected chi connectivity index (χ4v) is 2.26. The lowest BCUT2D eigenvalue weighted by Gasteiger charge is -2.18. The van der Waals surface area contributed by atoms with Crippen molar-refractivity contribution in [2.75, 3.05) is 6.54 Å². The summed E-state index contributed by atoms with van der Waals surface area (Å²) in [6.07, 6.45) is 8.93. The van der Waals surface area contributed by atoms with Crippen LogP contribution in [0.25, 0.3) is 0 Å². The van der Waals surface area contributed by atoms with Gasteiger partial charge in [0.05, 0.1) is 8.07 Å². The van der Waals surface area contributed by atoms with Crippen molar-refractivity contribution in [3.63, 3.8) is 0 Å². The minimum Gasteiger partial charge on any atom is -0.290 e. The van der Waals surface area contributed by atoms with Crippen LogP contribution in [0.2, 0.25) is 19.6 Å². The van der Waals surface area contributed by atoms with Gasteiger partial charge in [-0.05, 0) is 32.3 Å². The molecule has 0 N–H and O–H groups in total. The molecule has 0 amide bonds. The highest BCUT2D eigenvalue weighted by atomic mass is 28.3. The van der Waals surface area contributed by atoms with E-state index < -0.39 is 8.07 Å². The maximum atomic E-state index is 4.70. The Balaban J connectivity index is 2.69. The number of hydrogen-bond donors (Lipinski definition) is 0. The van der Waals surface area contributed by atoms with Gasteiger partial charge in [-0.15, -0.1) is 0 Å². The first-order valence-corrected chi connectivity index (χ1v) is 9.72. The van der Waals surface area contributed by atoms with Gasteiger partial charge in [0.1, 0.15) is 0 Å². The van der Waals surface area contributed by atoms with Crippen LogP contribution in [-0.2, 0) is 0 Å². The summed E-state index contributed by atoms with van der Waals surface area (Å²) in [7, 11) is -1.09. The normalized spacial score (nSPS) is 20.5. The number of hydrogen-bond acceptors (Lipinski definition) is 1. The van der Waals surface area contributed by atoms with Crippen molar-refractivity contribution in [3.8, 4) is 0 Å². The Morgan fingerprint density at radius 3 is 2.47 bits per heavy atom. The largest absolute Gasteiger partial charge is 0.290 e. The van der Waals surface area contributed by atoms with Gasteiger partial charge in [0.25, 0.3) is 0 Å². The molecule has 0 fully saturated rings. The fourth-order valence-electron chi connectivity index (χ4n) is 1.66. The highest BCUT2D eigenvalue weighted by Crippen LogP contribution is 2.16. The molecule has 0 bridgehead atoms. The van der Waals surface area contributed by atoms with Gasteiger partial charge in [-0.25, -0.2) is 0 Å². The molecular formula is C13H25NSi. The molecule has 1 heterocycles. The Labute approximate surface area is 95.7 Å². The number of aliphatic imine (C=N–C) groups is 1. The van der Waals surface area contributed by atoms with Gasteiger partial charge in [0.15, 0.2) is 0 Å². The minimum absolute atomic E-state index is 1.05.